The molecule has 0 saturated carbocycles. The molecule has 7 aromatic carbocycles. The van der Waals surface area contributed by atoms with Crippen LogP contribution in [0.25, 0.3) is 82.7 Å². The van der Waals surface area contributed by atoms with Crippen LogP contribution in [-0.4, -0.2) is 13.7 Å². The smallest absolute Gasteiger partial charge is 0.264 e. The summed E-state index contributed by atoms with van der Waals surface area (Å²) in [5, 5.41) is 4.68. The molecule has 0 aliphatic heterocycles. The van der Waals surface area contributed by atoms with Gasteiger partial charge in [0.1, 0.15) is 0 Å². The second-order valence-electron chi connectivity index (χ2n) is 12.5. The molecule has 230 valence electrons. The predicted molar refractivity (Wildman–Crippen MR) is 204 cm³/mol. The summed E-state index contributed by atoms with van der Waals surface area (Å²) < 4.78 is 6.56. The Hall–Kier alpha value is -6.65. The highest BCUT2D eigenvalue weighted by molar-refractivity contribution is 6.27. The van der Waals surface area contributed by atoms with Crippen molar-refractivity contribution in [2.45, 2.75) is 0 Å². The third-order valence-corrected chi connectivity index (χ3v) is 9.82. The van der Waals surface area contributed by atoms with Gasteiger partial charge in [-0.2, -0.15) is 0 Å². The number of para-hydroxylation sites is 4. The monoisotopic (exact) mass is 627 g/mol. The minimum absolute atomic E-state index is 0.0313. The van der Waals surface area contributed by atoms with Gasteiger partial charge in [0.05, 0.1) is 33.0 Å². The molecule has 0 fully saturated rings. The quantitative estimate of drug-likeness (QED) is 0.191. The van der Waals surface area contributed by atoms with Crippen molar-refractivity contribution in [1.82, 2.24) is 13.7 Å². The average Bonchev–Trinajstić information content (AvgIpc) is 3.69. The van der Waals surface area contributed by atoms with Crippen LogP contribution in [-0.2, 0) is 0 Å². The minimum Gasteiger partial charge on any atom is -0.309 e. The maximum atomic E-state index is 15.3. The number of hydrogen-bond acceptors (Lipinski definition) is 1. The molecule has 0 saturated heterocycles. The van der Waals surface area contributed by atoms with Crippen molar-refractivity contribution in [2.75, 3.05) is 0 Å². The van der Waals surface area contributed by atoms with Gasteiger partial charge in [-0.1, -0.05) is 115 Å². The summed E-state index contributed by atoms with van der Waals surface area (Å²) in [7, 11) is 0. The Balaban J connectivity index is 1.45. The Kier molecular flexibility index (Phi) is 5.99. The van der Waals surface area contributed by atoms with Crippen molar-refractivity contribution in [3.05, 3.63) is 186 Å². The van der Waals surface area contributed by atoms with E-state index in [-0.39, 0.29) is 5.56 Å². The zero-order valence-electron chi connectivity index (χ0n) is 26.5. The fraction of sp³-hybridized carbons (Fsp3) is 0. The van der Waals surface area contributed by atoms with E-state index in [1.165, 1.54) is 0 Å². The number of pyridine rings is 1. The lowest BCUT2D eigenvalue weighted by atomic mass is 10.0. The van der Waals surface area contributed by atoms with Crippen LogP contribution in [0.2, 0.25) is 0 Å². The molecule has 0 aliphatic carbocycles. The number of aromatic nitrogens is 3. The molecule has 0 amide bonds. The Bertz CT molecular complexity index is 2930. The van der Waals surface area contributed by atoms with Crippen LogP contribution >= 0.6 is 0 Å². The Morgan fingerprint density at radius 1 is 0.327 bits per heavy atom. The van der Waals surface area contributed by atoms with Crippen LogP contribution in [0.4, 0.5) is 0 Å². The average molecular weight is 628 g/mol. The second-order valence-corrected chi connectivity index (χ2v) is 12.5. The molecule has 0 unspecified atom stereocenters. The lowest BCUT2D eigenvalue weighted by Crippen LogP contribution is -2.19. The minimum atomic E-state index is -0.0313. The van der Waals surface area contributed by atoms with Gasteiger partial charge in [-0.05, 0) is 71.8 Å². The fourth-order valence-electron chi connectivity index (χ4n) is 7.79. The van der Waals surface area contributed by atoms with Crippen LogP contribution in [0.5, 0.6) is 0 Å². The van der Waals surface area contributed by atoms with E-state index in [0.717, 1.165) is 77.3 Å². The van der Waals surface area contributed by atoms with Crippen LogP contribution in [0.3, 0.4) is 0 Å². The Morgan fingerprint density at radius 2 is 0.857 bits per heavy atom. The van der Waals surface area contributed by atoms with Crippen LogP contribution in [0.1, 0.15) is 0 Å². The molecular weight excluding hydrogens is 599 g/mol. The van der Waals surface area contributed by atoms with Gasteiger partial charge in [0.15, 0.2) is 0 Å². The molecule has 4 heteroatoms. The van der Waals surface area contributed by atoms with Gasteiger partial charge in [0.2, 0.25) is 0 Å². The van der Waals surface area contributed by atoms with Crippen molar-refractivity contribution < 1.29 is 0 Å². The molecule has 4 nitrogen and oxygen atoms in total. The zero-order valence-corrected chi connectivity index (χ0v) is 26.5. The van der Waals surface area contributed by atoms with Gasteiger partial charge in [0, 0.05) is 38.6 Å². The molecular formula is C45H29N3O. The maximum Gasteiger partial charge on any atom is 0.264 e. The van der Waals surface area contributed by atoms with E-state index < -0.39 is 0 Å². The number of hydrogen-bond donors (Lipinski definition) is 0. The number of rotatable bonds is 4. The molecule has 3 heterocycles. The standard InChI is InChI=1S/C45H29N3O/c49-45-42-37(27-28-40-41(42)35-23-10-12-25-38(35)46(40)32-18-6-2-7-19-32)44-43(48(45)33-20-8-3-9-21-33)36-24-11-13-26-39(36)47(44)34-22-14-17-31(29-34)30-15-4-1-5-16-30/h1-29H. The van der Waals surface area contributed by atoms with Gasteiger partial charge in [-0.15, -0.1) is 0 Å². The maximum absolute atomic E-state index is 15.3. The summed E-state index contributed by atoms with van der Waals surface area (Å²) in [5.74, 6) is 0. The first-order chi connectivity index (χ1) is 24.3. The summed E-state index contributed by atoms with van der Waals surface area (Å²) in [4.78, 5) is 15.3. The lowest BCUT2D eigenvalue weighted by Gasteiger charge is -2.15. The fourth-order valence-corrected chi connectivity index (χ4v) is 7.79. The molecule has 0 atom stereocenters. The van der Waals surface area contributed by atoms with E-state index in [2.05, 4.69) is 143 Å². The highest BCUT2D eigenvalue weighted by Gasteiger charge is 2.25. The van der Waals surface area contributed by atoms with E-state index in [1.807, 2.05) is 47.0 Å². The normalized spacial score (nSPS) is 11.8. The number of nitrogens with zero attached hydrogens (tertiary/aromatic N) is 3. The Morgan fingerprint density at radius 3 is 1.57 bits per heavy atom. The van der Waals surface area contributed by atoms with Crippen molar-refractivity contribution in [3.63, 3.8) is 0 Å². The van der Waals surface area contributed by atoms with Gasteiger partial charge in [-0.25, -0.2) is 0 Å². The van der Waals surface area contributed by atoms with Gasteiger partial charge >= 0.3 is 0 Å². The summed E-state index contributed by atoms with van der Waals surface area (Å²) in [6.07, 6.45) is 0. The molecule has 10 aromatic rings. The van der Waals surface area contributed by atoms with Gasteiger partial charge in [-0.3, -0.25) is 9.36 Å². The van der Waals surface area contributed by atoms with Crippen LogP contribution in [0.15, 0.2) is 181 Å². The first kappa shape index (κ1) is 27.5. The van der Waals surface area contributed by atoms with Crippen molar-refractivity contribution in [2.24, 2.45) is 0 Å². The van der Waals surface area contributed by atoms with Crippen molar-refractivity contribution >= 4 is 54.5 Å². The van der Waals surface area contributed by atoms with Gasteiger partial charge in [0.25, 0.3) is 5.56 Å². The van der Waals surface area contributed by atoms with Crippen LogP contribution < -0.4 is 5.56 Å². The molecule has 0 radical (unpaired) electrons. The summed E-state index contributed by atoms with van der Waals surface area (Å²) in [6.45, 7) is 0. The molecule has 0 bridgehead atoms. The SMILES string of the molecule is O=c1c2c(ccc3c2c2ccccc2n3-c2ccccc2)c2c(c3ccccc3n2-c2cccc(-c3ccccc3)c2)n1-c1ccccc1. The van der Waals surface area contributed by atoms with Crippen LogP contribution in [0, 0.1) is 0 Å². The van der Waals surface area contributed by atoms with E-state index in [9.17, 15) is 0 Å². The summed E-state index contributed by atoms with van der Waals surface area (Å²) >= 11 is 0. The largest absolute Gasteiger partial charge is 0.309 e. The lowest BCUT2D eigenvalue weighted by molar-refractivity contribution is 1.06. The van der Waals surface area contributed by atoms with E-state index in [4.69, 9.17) is 0 Å². The zero-order chi connectivity index (χ0) is 32.5. The number of benzene rings is 7. The molecule has 49 heavy (non-hydrogen) atoms. The van der Waals surface area contributed by atoms with E-state index in [1.54, 1.807) is 0 Å². The highest BCUT2D eigenvalue weighted by atomic mass is 16.1. The van der Waals surface area contributed by atoms with E-state index >= 15 is 4.79 Å². The molecule has 0 aliphatic rings. The summed E-state index contributed by atoms with van der Waals surface area (Å²) in [5.41, 5.74) is 10.2. The molecule has 0 spiro atoms. The predicted octanol–water partition coefficient (Wildman–Crippen LogP) is 10.9. The first-order valence-corrected chi connectivity index (χ1v) is 16.6. The first-order valence-electron chi connectivity index (χ1n) is 16.6. The Labute approximate surface area is 281 Å². The molecule has 3 aromatic heterocycles. The number of fused-ring (bicyclic) bond motifs is 9. The highest BCUT2D eigenvalue weighted by Crippen LogP contribution is 2.41. The topological polar surface area (TPSA) is 31.9 Å². The van der Waals surface area contributed by atoms with Crippen molar-refractivity contribution in [3.8, 4) is 28.2 Å². The van der Waals surface area contributed by atoms with Gasteiger partial charge < -0.3 is 9.13 Å². The third-order valence-electron chi connectivity index (χ3n) is 9.82. The van der Waals surface area contributed by atoms with Crippen molar-refractivity contribution in [1.29, 1.82) is 0 Å². The van der Waals surface area contributed by atoms with E-state index in [0.29, 0.717) is 5.39 Å². The molecule has 0 N–H and O–H groups in total. The second kappa shape index (κ2) is 10.7. The third kappa shape index (κ3) is 4.01. The summed E-state index contributed by atoms with van der Waals surface area (Å²) in [6, 6.07) is 60.9. The molecule has 10 rings (SSSR count).